The fourth-order valence-corrected chi connectivity index (χ4v) is 1.66. The van der Waals surface area contributed by atoms with Gasteiger partial charge in [-0.1, -0.05) is 6.07 Å². The molecule has 0 aliphatic heterocycles. The zero-order chi connectivity index (χ0) is 10.6. The lowest BCUT2D eigenvalue weighted by Crippen LogP contribution is -2.19. The van der Waals surface area contributed by atoms with Gasteiger partial charge in [-0.25, -0.2) is 0 Å². The van der Waals surface area contributed by atoms with E-state index in [0.717, 1.165) is 13.0 Å². The summed E-state index contributed by atoms with van der Waals surface area (Å²) in [6.45, 7) is 7.13. The maximum absolute atomic E-state index is 5.50. The van der Waals surface area contributed by atoms with E-state index in [1.54, 1.807) is 0 Å². The monoisotopic (exact) mass is 192 g/mol. The summed E-state index contributed by atoms with van der Waals surface area (Å²) in [7, 11) is 0. The van der Waals surface area contributed by atoms with E-state index in [1.807, 2.05) is 0 Å². The molecule has 3 N–H and O–H groups in total. The highest BCUT2D eigenvalue weighted by Crippen LogP contribution is 2.15. The predicted molar refractivity (Wildman–Crippen MR) is 62.7 cm³/mol. The van der Waals surface area contributed by atoms with Gasteiger partial charge in [0.1, 0.15) is 0 Å². The lowest BCUT2D eigenvalue weighted by atomic mass is 10.1. The molecule has 0 aliphatic rings. The lowest BCUT2D eigenvalue weighted by molar-refractivity contribution is 0.717. The van der Waals surface area contributed by atoms with Gasteiger partial charge in [-0.15, -0.1) is 0 Å². The van der Waals surface area contributed by atoms with Crippen LogP contribution >= 0.6 is 0 Å². The second-order valence-electron chi connectivity index (χ2n) is 4.00. The molecule has 0 saturated carbocycles. The van der Waals surface area contributed by atoms with Crippen LogP contribution in [0.3, 0.4) is 0 Å². The van der Waals surface area contributed by atoms with Crippen LogP contribution in [0.4, 0.5) is 5.69 Å². The van der Waals surface area contributed by atoms with Gasteiger partial charge >= 0.3 is 0 Å². The molecule has 1 unspecified atom stereocenters. The first kappa shape index (κ1) is 11.1. The molecule has 78 valence electrons. The summed E-state index contributed by atoms with van der Waals surface area (Å²) in [6, 6.07) is 6.96. The Morgan fingerprint density at radius 1 is 1.21 bits per heavy atom. The van der Waals surface area contributed by atoms with Crippen molar-refractivity contribution in [2.75, 3.05) is 11.9 Å². The van der Waals surface area contributed by atoms with Crippen molar-refractivity contribution >= 4 is 5.69 Å². The van der Waals surface area contributed by atoms with Gasteiger partial charge in [-0.3, -0.25) is 0 Å². The largest absolute Gasteiger partial charge is 0.383 e. The van der Waals surface area contributed by atoms with E-state index in [9.17, 15) is 0 Å². The topological polar surface area (TPSA) is 38.0 Å². The number of nitrogens with two attached hydrogens (primary N) is 1. The highest BCUT2D eigenvalue weighted by atomic mass is 14.9. The van der Waals surface area contributed by atoms with Crippen LogP contribution in [-0.2, 0) is 0 Å². The first-order valence-corrected chi connectivity index (χ1v) is 5.16. The highest BCUT2D eigenvalue weighted by molar-refractivity contribution is 5.48. The predicted octanol–water partition coefficient (Wildman–Crippen LogP) is 2.45. The van der Waals surface area contributed by atoms with Gasteiger partial charge in [-0.05, 0) is 57.0 Å². The van der Waals surface area contributed by atoms with Gasteiger partial charge in [0.15, 0.2) is 0 Å². The van der Waals surface area contributed by atoms with E-state index in [2.05, 4.69) is 44.3 Å². The molecule has 0 radical (unpaired) electrons. The number of anilines is 1. The van der Waals surface area contributed by atoms with E-state index in [4.69, 9.17) is 5.73 Å². The summed E-state index contributed by atoms with van der Waals surface area (Å²) >= 11 is 0. The molecule has 1 rings (SSSR count). The van der Waals surface area contributed by atoms with E-state index < -0.39 is 0 Å². The van der Waals surface area contributed by atoms with Gasteiger partial charge in [0, 0.05) is 11.7 Å². The van der Waals surface area contributed by atoms with E-state index in [-0.39, 0.29) is 0 Å². The third-order valence-corrected chi connectivity index (χ3v) is 2.23. The summed E-state index contributed by atoms with van der Waals surface area (Å²) in [6.07, 6.45) is 1.01. The molecular formula is C12H20N2. The summed E-state index contributed by atoms with van der Waals surface area (Å²) in [5, 5.41) is 3.44. The first-order valence-electron chi connectivity index (χ1n) is 5.16. The third kappa shape index (κ3) is 3.38. The van der Waals surface area contributed by atoms with E-state index >= 15 is 0 Å². The number of rotatable bonds is 4. The van der Waals surface area contributed by atoms with E-state index in [1.165, 1.54) is 16.8 Å². The Morgan fingerprint density at radius 2 is 1.79 bits per heavy atom. The van der Waals surface area contributed by atoms with Crippen molar-refractivity contribution in [1.29, 1.82) is 0 Å². The van der Waals surface area contributed by atoms with Crippen molar-refractivity contribution in [3.63, 3.8) is 0 Å². The van der Waals surface area contributed by atoms with Crippen molar-refractivity contribution in [2.45, 2.75) is 33.2 Å². The molecule has 0 aromatic heterocycles. The van der Waals surface area contributed by atoms with Crippen molar-refractivity contribution in [2.24, 2.45) is 5.73 Å². The van der Waals surface area contributed by atoms with Crippen LogP contribution in [0, 0.1) is 13.8 Å². The van der Waals surface area contributed by atoms with Crippen LogP contribution in [-0.4, -0.2) is 12.6 Å². The molecule has 0 bridgehead atoms. The van der Waals surface area contributed by atoms with Crippen LogP contribution < -0.4 is 11.1 Å². The van der Waals surface area contributed by atoms with Crippen LogP contribution in [0.25, 0.3) is 0 Å². The molecule has 1 aromatic rings. The number of benzene rings is 1. The first-order chi connectivity index (χ1) is 6.61. The lowest BCUT2D eigenvalue weighted by Gasteiger charge is -2.15. The molecule has 0 saturated heterocycles. The Kier molecular flexibility index (Phi) is 3.96. The molecule has 2 nitrogen and oxygen atoms in total. The summed E-state index contributed by atoms with van der Waals surface area (Å²) in [5.41, 5.74) is 9.30. The molecular weight excluding hydrogens is 172 g/mol. The zero-order valence-electron chi connectivity index (χ0n) is 9.30. The smallest absolute Gasteiger partial charge is 0.0347 e. The minimum Gasteiger partial charge on any atom is -0.383 e. The van der Waals surface area contributed by atoms with Gasteiger partial charge in [0.2, 0.25) is 0 Å². The quantitative estimate of drug-likeness (QED) is 0.769. The minimum atomic E-state index is 0.446. The molecule has 2 heteroatoms. The number of hydrogen-bond donors (Lipinski definition) is 2. The second kappa shape index (κ2) is 5.01. The van der Waals surface area contributed by atoms with Gasteiger partial charge < -0.3 is 11.1 Å². The SMILES string of the molecule is Cc1cc(C)cc(NC(C)CCN)c1. The molecule has 1 atom stereocenters. The van der Waals surface area contributed by atoms with Crippen LogP contribution in [0.5, 0.6) is 0 Å². The Labute approximate surface area is 86.5 Å². The normalized spacial score (nSPS) is 12.6. The standard InChI is InChI=1S/C12H20N2/c1-9-6-10(2)8-12(7-9)14-11(3)4-5-13/h6-8,11,14H,4-5,13H2,1-3H3. The van der Waals surface area contributed by atoms with Crippen molar-refractivity contribution in [3.05, 3.63) is 29.3 Å². The van der Waals surface area contributed by atoms with Crippen molar-refractivity contribution < 1.29 is 0 Å². The Morgan fingerprint density at radius 3 is 2.29 bits per heavy atom. The summed E-state index contributed by atoms with van der Waals surface area (Å²) in [4.78, 5) is 0. The fraction of sp³-hybridized carbons (Fsp3) is 0.500. The Bertz CT molecular complexity index is 274. The number of aryl methyl sites for hydroxylation is 2. The third-order valence-electron chi connectivity index (χ3n) is 2.23. The van der Waals surface area contributed by atoms with Crippen molar-refractivity contribution in [1.82, 2.24) is 0 Å². The summed E-state index contributed by atoms with van der Waals surface area (Å²) < 4.78 is 0. The Balaban J connectivity index is 2.66. The minimum absolute atomic E-state index is 0.446. The molecule has 14 heavy (non-hydrogen) atoms. The van der Waals surface area contributed by atoms with Crippen molar-refractivity contribution in [3.8, 4) is 0 Å². The number of hydrogen-bond acceptors (Lipinski definition) is 2. The molecule has 0 spiro atoms. The fourth-order valence-electron chi connectivity index (χ4n) is 1.66. The zero-order valence-corrected chi connectivity index (χ0v) is 9.30. The second-order valence-corrected chi connectivity index (χ2v) is 4.00. The van der Waals surface area contributed by atoms with Crippen LogP contribution in [0.2, 0.25) is 0 Å². The molecule has 0 fully saturated rings. The highest BCUT2D eigenvalue weighted by Gasteiger charge is 2.01. The molecule has 0 heterocycles. The molecule has 1 aromatic carbocycles. The van der Waals surface area contributed by atoms with Crippen LogP contribution in [0.15, 0.2) is 18.2 Å². The van der Waals surface area contributed by atoms with Crippen LogP contribution in [0.1, 0.15) is 24.5 Å². The summed E-state index contributed by atoms with van der Waals surface area (Å²) in [5.74, 6) is 0. The maximum atomic E-state index is 5.50. The average Bonchev–Trinajstić information content (AvgIpc) is 2.01. The van der Waals surface area contributed by atoms with E-state index in [0.29, 0.717) is 6.04 Å². The number of nitrogens with one attached hydrogen (secondary N) is 1. The maximum Gasteiger partial charge on any atom is 0.0347 e. The molecule has 0 amide bonds. The van der Waals surface area contributed by atoms with Gasteiger partial charge in [-0.2, -0.15) is 0 Å². The molecule has 0 aliphatic carbocycles. The average molecular weight is 192 g/mol. The Hall–Kier alpha value is -1.02. The van der Waals surface area contributed by atoms with Gasteiger partial charge in [0.05, 0.1) is 0 Å². The van der Waals surface area contributed by atoms with Gasteiger partial charge in [0.25, 0.3) is 0 Å².